The summed E-state index contributed by atoms with van der Waals surface area (Å²) in [7, 11) is 0. The van der Waals surface area contributed by atoms with Gasteiger partial charge in [-0.05, 0) is 24.3 Å². The fourth-order valence-corrected chi connectivity index (χ4v) is 2.93. The predicted molar refractivity (Wildman–Crippen MR) is 93.1 cm³/mol. The Balaban J connectivity index is 1.71. The molecule has 1 N–H and O–H groups in total. The summed E-state index contributed by atoms with van der Waals surface area (Å²) in [5.41, 5.74) is 1.74. The predicted octanol–water partition coefficient (Wildman–Crippen LogP) is 2.60. The second-order valence-corrected chi connectivity index (χ2v) is 6.01. The van der Waals surface area contributed by atoms with Gasteiger partial charge in [0.15, 0.2) is 5.82 Å². The number of hydrogen-bond acceptors (Lipinski definition) is 4. The van der Waals surface area contributed by atoms with Gasteiger partial charge in [0.25, 0.3) is 0 Å². The van der Waals surface area contributed by atoms with Crippen LogP contribution in [0.1, 0.15) is 5.82 Å². The molecule has 1 fully saturated rings. The van der Waals surface area contributed by atoms with Crippen molar-refractivity contribution >= 4 is 0 Å². The van der Waals surface area contributed by atoms with E-state index in [1.165, 1.54) is 12.1 Å². The van der Waals surface area contributed by atoms with Crippen molar-refractivity contribution in [1.29, 1.82) is 0 Å². The molecule has 0 spiro atoms. The van der Waals surface area contributed by atoms with Gasteiger partial charge in [0.1, 0.15) is 11.6 Å². The average molecular weight is 338 g/mol. The van der Waals surface area contributed by atoms with Gasteiger partial charge >= 0.3 is 0 Å². The molecule has 2 heterocycles. The molecule has 3 aromatic rings. The zero-order valence-corrected chi connectivity index (χ0v) is 13.7. The molecule has 1 saturated heterocycles. The van der Waals surface area contributed by atoms with Crippen LogP contribution in [0.2, 0.25) is 0 Å². The Morgan fingerprint density at radius 2 is 1.92 bits per heavy atom. The number of nitrogens with zero attached hydrogens (tertiary/aromatic N) is 3. The number of halogens is 1. The van der Waals surface area contributed by atoms with E-state index in [9.17, 15) is 4.39 Å². The fraction of sp³-hybridized carbons (Fsp3) is 0.263. The standard InChI is InChI=1S/C19H19FN4O/c20-15-6-8-16(9-7-15)24-18(12-17-13-21-10-11-25-17)22-19(23-24)14-4-2-1-3-5-14/h1-9,17,21H,10-13H2/t17-/m0/s1. The zero-order chi connectivity index (χ0) is 17.1. The van der Waals surface area contributed by atoms with E-state index in [4.69, 9.17) is 9.72 Å². The van der Waals surface area contributed by atoms with Gasteiger partial charge in [-0.25, -0.2) is 14.1 Å². The largest absolute Gasteiger partial charge is 0.375 e. The maximum absolute atomic E-state index is 13.3. The third kappa shape index (κ3) is 3.60. The first-order chi connectivity index (χ1) is 12.3. The molecule has 1 aromatic heterocycles. The van der Waals surface area contributed by atoms with Crippen LogP contribution in [0.15, 0.2) is 54.6 Å². The molecule has 1 atom stereocenters. The Hall–Kier alpha value is -2.57. The number of rotatable bonds is 4. The molecule has 5 nitrogen and oxygen atoms in total. The number of hydrogen-bond donors (Lipinski definition) is 1. The lowest BCUT2D eigenvalue weighted by atomic mass is 10.2. The van der Waals surface area contributed by atoms with Gasteiger partial charge in [0.2, 0.25) is 0 Å². The van der Waals surface area contributed by atoms with E-state index in [1.807, 2.05) is 30.3 Å². The summed E-state index contributed by atoms with van der Waals surface area (Å²) >= 11 is 0. The molecule has 2 aromatic carbocycles. The van der Waals surface area contributed by atoms with Gasteiger partial charge < -0.3 is 10.1 Å². The second kappa shape index (κ2) is 7.13. The van der Waals surface area contributed by atoms with E-state index >= 15 is 0 Å². The molecule has 0 saturated carbocycles. The van der Waals surface area contributed by atoms with E-state index in [2.05, 4.69) is 10.4 Å². The van der Waals surface area contributed by atoms with Crippen molar-refractivity contribution in [3.63, 3.8) is 0 Å². The molecule has 6 heteroatoms. The van der Waals surface area contributed by atoms with E-state index < -0.39 is 0 Å². The molecule has 0 radical (unpaired) electrons. The van der Waals surface area contributed by atoms with Gasteiger partial charge in [-0.15, -0.1) is 5.10 Å². The Labute approximate surface area is 145 Å². The summed E-state index contributed by atoms with van der Waals surface area (Å²) in [5.74, 6) is 1.19. The Kier molecular flexibility index (Phi) is 4.54. The third-order valence-electron chi connectivity index (χ3n) is 4.19. The van der Waals surface area contributed by atoms with Crippen LogP contribution < -0.4 is 5.32 Å². The van der Waals surface area contributed by atoms with Crippen LogP contribution in [0.3, 0.4) is 0 Å². The summed E-state index contributed by atoms with van der Waals surface area (Å²) in [4.78, 5) is 4.72. The summed E-state index contributed by atoms with van der Waals surface area (Å²) < 4.78 is 20.9. The summed E-state index contributed by atoms with van der Waals surface area (Å²) in [6.07, 6.45) is 0.699. The van der Waals surface area contributed by atoms with Crippen molar-refractivity contribution in [3.05, 3.63) is 66.2 Å². The van der Waals surface area contributed by atoms with Crippen LogP contribution in [0.4, 0.5) is 4.39 Å². The topological polar surface area (TPSA) is 52.0 Å². The SMILES string of the molecule is Fc1ccc(-n2nc(-c3ccccc3)nc2C[C@H]2CNCCO2)cc1. The zero-order valence-electron chi connectivity index (χ0n) is 13.7. The lowest BCUT2D eigenvalue weighted by Gasteiger charge is -2.23. The molecule has 0 aliphatic carbocycles. The van der Waals surface area contributed by atoms with Crippen molar-refractivity contribution < 1.29 is 9.13 Å². The van der Waals surface area contributed by atoms with Crippen LogP contribution in [-0.2, 0) is 11.2 Å². The number of aromatic nitrogens is 3. The molecule has 0 amide bonds. The fourth-order valence-electron chi connectivity index (χ4n) is 2.93. The van der Waals surface area contributed by atoms with Crippen molar-refractivity contribution in [2.24, 2.45) is 0 Å². The van der Waals surface area contributed by atoms with E-state index in [1.54, 1.807) is 16.8 Å². The molecular weight excluding hydrogens is 319 g/mol. The van der Waals surface area contributed by atoms with Crippen LogP contribution in [0, 0.1) is 5.82 Å². The van der Waals surface area contributed by atoms with Crippen LogP contribution >= 0.6 is 0 Å². The molecule has 25 heavy (non-hydrogen) atoms. The highest BCUT2D eigenvalue weighted by atomic mass is 19.1. The van der Waals surface area contributed by atoms with Crippen LogP contribution in [-0.4, -0.2) is 40.6 Å². The van der Waals surface area contributed by atoms with E-state index in [0.29, 0.717) is 18.9 Å². The first-order valence-electron chi connectivity index (χ1n) is 8.39. The van der Waals surface area contributed by atoms with Crippen LogP contribution in [0.5, 0.6) is 0 Å². The van der Waals surface area contributed by atoms with Gasteiger partial charge in [-0.3, -0.25) is 0 Å². The van der Waals surface area contributed by atoms with E-state index in [0.717, 1.165) is 30.2 Å². The maximum atomic E-state index is 13.3. The normalized spacial score (nSPS) is 17.6. The van der Waals surface area contributed by atoms with Crippen molar-refractivity contribution in [3.8, 4) is 17.1 Å². The minimum atomic E-state index is -0.270. The first kappa shape index (κ1) is 15.9. The Bertz CT molecular complexity index is 826. The van der Waals surface area contributed by atoms with Crippen molar-refractivity contribution in [1.82, 2.24) is 20.1 Å². The smallest absolute Gasteiger partial charge is 0.181 e. The highest BCUT2D eigenvalue weighted by molar-refractivity contribution is 5.54. The minimum absolute atomic E-state index is 0.0563. The van der Waals surface area contributed by atoms with Gasteiger partial charge in [0, 0.05) is 25.1 Å². The summed E-state index contributed by atoms with van der Waals surface area (Å²) in [5, 5.41) is 7.98. The van der Waals surface area contributed by atoms with Gasteiger partial charge in [-0.2, -0.15) is 0 Å². The van der Waals surface area contributed by atoms with Crippen LogP contribution in [0.25, 0.3) is 17.1 Å². The molecule has 128 valence electrons. The monoisotopic (exact) mass is 338 g/mol. The number of nitrogens with one attached hydrogen (secondary N) is 1. The maximum Gasteiger partial charge on any atom is 0.181 e. The highest BCUT2D eigenvalue weighted by Gasteiger charge is 2.20. The number of benzene rings is 2. The minimum Gasteiger partial charge on any atom is -0.375 e. The average Bonchev–Trinajstić information content (AvgIpc) is 3.08. The number of morpholine rings is 1. The van der Waals surface area contributed by atoms with Crippen molar-refractivity contribution in [2.75, 3.05) is 19.7 Å². The molecule has 1 aliphatic rings. The van der Waals surface area contributed by atoms with Gasteiger partial charge in [-0.1, -0.05) is 30.3 Å². The molecule has 0 unspecified atom stereocenters. The lowest BCUT2D eigenvalue weighted by Crippen LogP contribution is -2.40. The van der Waals surface area contributed by atoms with E-state index in [-0.39, 0.29) is 11.9 Å². The van der Waals surface area contributed by atoms with Gasteiger partial charge in [0.05, 0.1) is 18.4 Å². The Morgan fingerprint density at radius 3 is 2.64 bits per heavy atom. The first-order valence-corrected chi connectivity index (χ1v) is 8.39. The summed E-state index contributed by atoms with van der Waals surface area (Å²) in [6.45, 7) is 2.36. The molecule has 4 rings (SSSR count). The Morgan fingerprint density at radius 1 is 1.12 bits per heavy atom. The lowest BCUT2D eigenvalue weighted by molar-refractivity contribution is 0.0277. The summed E-state index contributed by atoms with van der Waals surface area (Å²) in [6, 6.07) is 16.1. The molecule has 0 bridgehead atoms. The quantitative estimate of drug-likeness (QED) is 0.794. The second-order valence-electron chi connectivity index (χ2n) is 6.01. The van der Waals surface area contributed by atoms with Crippen molar-refractivity contribution in [2.45, 2.75) is 12.5 Å². The number of ether oxygens (including phenoxy) is 1. The molecular formula is C19H19FN4O. The highest BCUT2D eigenvalue weighted by Crippen LogP contribution is 2.20. The third-order valence-corrected chi connectivity index (χ3v) is 4.19. The molecule has 1 aliphatic heterocycles.